The Labute approximate surface area is 111 Å². The highest BCUT2D eigenvalue weighted by Gasteiger charge is 2.39. The first-order chi connectivity index (χ1) is 8.15. The summed E-state index contributed by atoms with van der Waals surface area (Å²) in [6.45, 7) is 11.0. The van der Waals surface area contributed by atoms with Crippen LogP contribution in [0, 0.1) is 5.41 Å². The molecule has 0 amide bonds. The quantitative estimate of drug-likeness (QED) is 0.832. The average Bonchev–Trinajstić information content (AvgIpc) is 2.79. The molecule has 2 rings (SSSR count). The largest absolute Gasteiger partial charge is 0.315 e. The lowest BCUT2D eigenvalue weighted by atomic mass is 9.80. The third-order valence-electron chi connectivity index (χ3n) is 4.45. The first-order valence-electron chi connectivity index (χ1n) is 7.19. The Morgan fingerprint density at radius 2 is 2.24 bits per heavy atom. The Hall–Kier alpha value is 0.270. The summed E-state index contributed by atoms with van der Waals surface area (Å²) in [5.41, 5.74) is 0.503. The Bertz CT molecular complexity index is 236. The maximum Gasteiger partial charge on any atom is 0.0241 e. The summed E-state index contributed by atoms with van der Waals surface area (Å²) in [4.78, 5) is 2.83. The van der Waals surface area contributed by atoms with Crippen molar-refractivity contribution in [2.45, 2.75) is 52.1 Å². The Morgan fingerprint density at radius 3 is 2.82 bits per heavy atom. The zero-order valence-electron chi connectivity index (χ0n) is 11.7. The summed E-state index contributed by atoms with van der Waals surface area (Å²) in [6, 6.07) is 1.57. The van der Waals surface area contributed by atoms with E-state index >= 15 is 0 Å². The molecule has 2 unspecified atom stereocenters. The molecule has 0 saturated carbocycles. The van der Waals surface area contributed by atoms with Gasteiger partial charge in [-0.05, 0) is 43.5 Å². The number of thioether (sulfide) groups is 1. The fourth-order valence-electron chi connectivity index (χ4n) is 3.24. The first-order valence-corrected chi connectivity index (χ1v) is 8.35. The predicted molar refractivity (Wildman–Crippen MR) is 77.8 cm³/mol. The van der Waals surface area contributed by atoms with E-state index < -0.39 is 0 Å². The minimum Gasteiger partial charge on any atom is -0.315 e. The van der Waals surface area contributed by atoms with Gasteiger partial charge in [0.05, 0.1) is 0 Å². The number of hydrogen-bond donors (Lipinski definition) is 1. The molecule has 17 heavy (non-hydrogen) atoms. The molecule has 2 saturated heterocycles. The molecular formula is C14H28N2S. The van der Waals surface area contributed by atoms with Crippen LogP contribution in [0.4, 0.5) is 0 Å². The van der Waals surface area contributed by atoms with E-state index in [1.807, 2.05) is 0 Å². The van der Waals surface area contributed by atoms with Gasteiger partial charge in [0.25, 0.3) is 0 Å². The second-order valence-electron chi connectivity index (χ2n) is 6.21. The van der Waals surface area contributed by atoms with Gasteiger partial charge in [0, 0.05) is 24.4 Å². The van der Waals surface area contributed by atoms with Crippen LogP contribution in [0.2, 0.25) is 0 Å². The molecule has 0 aromatic carbocycles. The number of nitrogens with zero attached hydrogens (tertiary/aromatic N) is 1. The molecular weight excluding hydrogens is 228 g/mol. The lowest BCUT2D eigenvalue weighted by Crippen LogP contribution is -2.54. The molecule has 1 N–H and O–H groups in total. The van der Waals surface area contributed by atoms with E-state index in [2.05, 4.69) is 42.7 Å². The molecule has 0 aliphatic carbocycles. The molecule has 100 valence electrons. The van der Waals surface area contributed by atoms with Gasteiger partial charge in [0.2, 0.25) is 0 Å². The number of rotatable bonds is 4. The Morgan fingerprint density at radius 1 is 1.41 bits per heavy atom. The van der Waals surface area contributed by atoms with E-state index in [4.69, 9.17) is 0 Å². The lowest BCUT2D eigenvalue weighted by Gasteiger charge is -2.47. The molecule has 0 aromatic rings. The summed E-state index contributed by atoms with van der Waals surface area (Å²) < 4.78 is 0. The van der Waals surface area contributed by atoms with Gasteiger partial charge < -0.3 is 5.32 Å². The SMILES string of the molecule is CCCN(C1CCNC1)C1CSCCC1(C)C. The molecule has 0 bridgehead atoms. The minimum atomic E-state index is 0.503. The standard InChI is InChI=1S/C14H28N2S/c1-4-8-16(12-5-7-15-10-12)13-11-17-9-6-14(13,2)3/h12-13,15H,4-11H2,1-3H3. The first kappa shape index (κ1) is 13.7. The fraction of sp³-hybridized carbons (Fsp3) is 1.00. The molecule has 2 heterocycles. The van der Waals surface area contributed by atoms with Gasteiger partial charge in [0.1, 0.15) is 0 Å². The fourth-order valence-corrected chi connectivity index (χ4v) is 4.94. The van der Waals surface area contributed by atoms with E-state index in [1.165, 1.54) is 50.4 Å². The van der Waals surface area contributed by atoms with Crippen molar-refractivity contribution in [1.29, 1.82) is 0 Å². The Balaban J connectivity index is 2.07. The van der Waals surface area contributed by atoms with Gasteiger partial charge in [-0.25, -0.2) is 0 Å². The number of nitrogens with one attached hydrogen (secondary N) is 1. The van der Waals surface area contributed by atoms with Crippen LogP contribution in [-0.4, -0.2) is 48.1 Å². The van der Waals surface area contributed by atoms with E-state index in [-0.39, 0.29) is 0 Å². The van der Waals surface area contributed by atoms with E-state index in [0.29, 0.717) is 5.41 Å². The van der Waals surface area contributed by atoms with Gasteiger partial charge in [-0.2, -0.15) is 11.8 Å². The van der Waals surface area contributed by atoms with Crippen molar-refractivity contribution < 1.29 is 0 Å². The van der Waals surface area contributed by atoms with Crippen molar-refractivity contribution in [2.24, 2.45) is 5.41 Å². The summed E-state index contributed by atoms with van der Waals surface area (Å²) in [5.74, 6) is 2.69. The third-order valence-corrected chi connectivity index (χ3v) is 5.50. The molecule has 2 atom stereocenters. The Kier molecular flexibility index (Phi) is 4.79. The zero-order chi connectivity index (χ0) is 12.3. The molecule has 2 fully saturated rings. The van der Waals surface area contributed by atoms with E-state index in [1.54, 1.807) is 0 Å². The topological polar surface area (TPSA) is 15.3 Å². The second kappa shape index (κ2) is 5.94. The molecule has 2 nitrogen and oxygen atoms in total. The van der Waals surface area contributed by atoms with Crippen molar-refractivity contribution in [1.82, 2.24) is 10.2 Å². The normalized spacial score (nSPS) is 33.2. The van der Waals surface area contributed by atoms with Gasteiger partial charge in [-0.15, -0.1) is 0 Å². The van der Waals surface area contributed by atoms with Gasteiger partial charge in [-0.3, -0.25) is 4.90 Å². The maximum absolute atomic E-state index is 3.53. The van der Waals surface area contributed by atoms with Crippen LogP contribution in [0.15, 0.2) is 0 Å². The zero-order valence-corrected chi connectivity index (χ0v) is 12.5. The number of hydrogen-bond acceptors (Lipinski definition) is 3. The van der Waals surface area contributed by atoms with Crippen molar-refractivity contribution >= 4 is 11.8 Å². The van der Waals surface area contributed by atoms with Gasteiger partial charge in [0.15, 0.2) is 0 Å². The molecule has 3 heteroatoms. The predicted octanol–water partition coefficient (Wildman–Crippen LogP) is 2.59. The highest BCUT2D eigenvalue weighted by atomic mass is 32.2. The molecule has 0 radical (unpaired) electrons. The van der Waals surface area contributed by atoms with Crippen LogP contribution >= 0.6 is 11.8 Å². The molecule has 2 aliphatic heterocycles. The average molecular weight is 256 g/mol. The lowest BCUT2D eigenvalue weighted by molar-refractivity contribution is 0.0644. The van der Waals surface area contributed by atoms with Gasteiger partial charge >= 0.3 is 0 Å². The highest BCUT2D eigenvalue weighted by Crippen LogP contribution is 2.38. The van der Waals surface area contributed by atoms with Crippen molar-refractivity contribution in [3.8, 4) is 0 Å². The maximum atomic E-state index is 3.53. The van der Waals surface area contributed by atoms with Crippen LogP contribution in [0.25, 0.3) is 0 Å². The monoisotopic (exact) mass is 256 g/mol. The van der Waals surface area contributed by atoms with Crippen molar-refractivity contribution in [2.75, 3.05) is 31.1 Å². The summed E-state index contributed by atoms with van der Waals surface area (Å²) in [6.07, 6.45) is 4.01. The minimum absolute atomic E-state index is 0.503. The van der Waals surface area contributed by atoms with Crippen LogP contribution < -0.4 is 5.32 Å². The summed E-state index contributed by atoms with van der Waals surface area (Å²) >= 11 is 2.16. The summed E-state index contributed by atoms with van der Waals surface area (Å²) in [5, 5.41) is 3.53. The van der Waals surface area contributed by atoms with E-state index in [0.717, 1.165) is 12.1 Å². The second-order valence-corrected chi connectivity index (χ2v) is 7.36. The van der Waals surface area contributed by atoms with Crippen LogP contribution in [0.1, 0.15) is 40.0 Å². The summed E-state index contributed by atoms with van der Waals surface area (Å²) in [7, 11) is 0. The van der Waals surface area contributed by atoms with Crippen LogP contribution in [-0.2, 0) is 0 Å². The highest BCUT2D eigenvalue weighted by molar-refractivity contribution is 7.99. The molecule has 0 aromatic heterocycles. The van der Waals surface area contributed by atoms with Crippen molar-refractivity contribution in [3.63, 3.8) is 0 Å². The van der Waals surface area contributed by atoms with Crippen molar-refractivity contribution in [3.05, 3.63) is 0 Å². The van der Waals surface area contributed by atoms with Crippen LogP contribution in [0.5, 0.6) is 0 Å². The molecule has 0 spiro atoms. The van der Waals surface area contributed by atoms with Crippen LogP contribution in [0.3, 0.4) is 0 Å². The third kappa shape index (κ3) is 3.18. The van der Waals surface area contributed by atoms with E-state index in [9.17, 15) is 0 Å². The van der Waals surface area contributed by atoms with Gasteiger partial charge in [-0.1, -0.05) is 20.8 Å². The smallest absolute Gasteiger partial charge is 0.0241 e. The molecule has 2 aliphatic rings.